The number of nitrogens with zero attached hydrogens (tertiary/aromatic N) is 6. The third kappa shape index (κ3) is 3.47. The zero-order valence-corrected chi connectivity index (χ0v) is 17.5. The molecule has 5 rings (SSSR count). The zero-order chi connectivity index (χ0) is 22.5. The van der Waals surface area contributed by atoms with Gasteiger partial charge < -0.3 is 19.3 Å². The summed E-state index contributed by atoms with van der Waals surface area (Å²) in [6.07, 6.45) is 1.45. The van der Waals surface area contributed by atoms with E-state index in [1.165, 1.54) is 30.0 Å². The first-order valence-corrected chi connectivity index (χ1v) is 10.1. The van der Waals surface area contributed by atoms with E-state index < -0.39 is 11.7 Å². The van der Waals surface area contributed by atoms with Crippen molar-refractivity contribution in [2.45, 2.75) is 18.9 Å². The van der Waals surface area contributed by atoms with Crippen LogP contribution in [0.4, 0.5) is 24.8 Å². The Hall–Kier alpha value is -3.50. The zero-order valence-electron chi connectivity index (χ0n) is 17.5. The Morgan fingerprint density at radius 2 is 1.97 bits per heavy atom. The summed E-state index contributed by atoms with van der Waals surface area (Å²) >= 11 is 0. The molecule has 4 heterocycles. The van der Waals surface area contributed by atoms with Gasteiger partial charge in [-0.2, -0.15) is 8.78 Å². The van der Waals surface area contributed by atoms with E-state index in [1.807, 2.05) is 4.90 Å². The van der Waals surface area contributed by atoms with E-state index in [2.05, 4.69) is 20.1 Å². The Bertz CT molecular complexity index is 1130. The Morgan fingerprint density at radius 3 is 2.66 bits per heavy atom. The van der Waals surface area contributed by atoms with Gasteiger partial charge in [0, 0.05) is 32.1 Å². The number of hydrogen-bond acceptors (Lipinski definition) is 7. The normalized spacial score (nSPS) is 16.4. The summed E-state index contributed by atoms with van der Waals surface area (Å²) in [5.74, 6) is -2.81. The number of rotatable bonds is 5. The second-order valence-electron chi connectivity index (χ2n) is 7.82. The number of alkyl halides is 2. The van der Waals surface area contributed by atoms with Crippen molar-refractivity contribution < 1.29 is 22.6 Å². The van der Waals surface area contributed by atoms with Gasteiger partial charge in [0.15, 0.2) is 0 Å². The molecule has 11 heteroatoms. The van der Waals surface area contributed by atoms with Crippen LogP contribution in [0.1, 0.15) is 12.7 Å². The maximum atomic E-state index is 14.3. The lowest BCUT2D eigenvalue weighted by molar-refractivity contribution is 0.00589. The minimum Gasteiger partial charge on any atom is -0.489 e. The first-order valence-electron chi connectivity index (χ1n) is 10.1. The van der Waals surface area contributed by atoms with Gasteiger partial charge in [-0.05, 0) is 18.2 Å². The fourth-order valence-electron chi connectivity index (χ4n) is 4.04. The fraction of sp³-hybridized carbons (Fsp3) is 0.381. The topological polar surface area (TPSA) is 68.5 Å². The lowest BCUT2D eigenvalue weighted by Crippen LogP contribution is -2.61. The smallest absolute Gasteiger partial charge is 0.304 e. The van der Waals surface area contributed by atoms with Crippen molar-refractivity contribution in [2.75, 3.05) is 43.2 Å². The number of pyridine rings is 1. The summed E-state index contributed by atoms with van der Waals surface area (Å²) in [6, 6.07) is 7.82. The van der Waals surface area contributed by atoms with Crippen molar-refractivity contribution in [1.29, 1.82) is 0 Å². The SMILES string of the molecule is COc1ccc(-n2c(N3CC(N4CCOc5cc(F)ccc54)C3)nnc2C(C)(F)F)cn1. The Morgan fingerprint density at radius 1 is 1.16 bits per heavy atom. The fourth-order valence-corrected chi connectivity index (χ4v) is 4.04. The molecule has 0 spiro atoms. The van der Waals surface area contributed by atoms with Gasteiger partial charge in [-0.1, -0.05) is 0 Å². The lowest BCUT2D eigenvalue weighted by atomic mass is 10.1. The first-order chi connectivity index (χ1) is 15.3. The molecule has 0 radical (unpaired) electrons. The summed E-state index contributed by atoms with van der Waals surface area (Å²) in [5, 5.41) is 7.85. The molecule has 32 heavy (non-hydrogen) atoms. The maximum absolute atomic E-state index is 14.3. The van der Waals surface area contributed by atoms with Crippen LogP contribution in [0.2, 0.25) is 0 Å². The first kappa shape index (κ1) is 20.4. The van der Waals surface area contributed by atoms with Crippen LogP contribution >= 0.6 is 0 Å². The molecular weight excluding hydrogens is 425 g/mol. The number of anilines is 2. The average molecular weight is 446 g/mol. The number of fused-ring (bicyclic) bond motifs is 1. The molecule has 0 N–H and O–H groups in total. The van der Waals surface area contributed by atoms with Gasteiger partial charge in [0.2, 0.25) is 17.7 Å². The lowest BCUT2D eigenvalue weighted by Gasteiger charge is -2.48. The van der Waals surface area contributed by atoms with Crippen LogP contribution in [-0.2, 0) is 5.92 Å². The highest BCUT2D eigenvalue weighted by Gasteiger charge is 2.40. The largest absolute Gasteiger partial charge is 0.489 e. The van der Waals surface area contributed by atoms with Gasteiger partial charge in [0.1, 0.15) is 18.2 Å². The number of ether oxygens (including phenoxy) is 2. The van der Waals surface area contributed by atoms with E-state index in [4.69, 9.17) is 9.47 Å². The Balaban J connectivity index is 1.42. The molecule has 3 aromatic rings. The second kappa shape index (κ2) is 7.57. The molecule has 2 aliphatic heterocycles. The van der Waals surface area contributed by atoms with Crippen molar-refractivity contribution in [2.24, 2.45) is 0 Å². The highest BCUT2D eigenvalue weighted by atomic mass is 19.3. The van der Waals surface area contributed by atoms with Crippen molar-refractivity contribution in [3.63, 3.8) is 0 Å². The van der Waals surface area contributed by atoms with Gasteiger partial charge in [0.05, 0.1) is 37.3 Å². The number of halogens is 3. The summed E-state index contributed by atoms with van der Waals surface area (Å²) in [7, 11) is 1.48. The standard InChI is InChI=1S/C21H21F3N6O2/c1-21(23,24)19-26-27-20(30(19)14-4-6-18(31-2)25-10-14)28-11-15(12-28)29-7-8-32-17-9-13(22)3-5-16(17)29/h3-6,9-10,15H,7-8,11-12H2,1-2H3. The van der Waals surface area contributed by atoms with E-state index in [9.17, 15) is 13.2 Å². The highest BCUT2D eigenvalue weighted by Crippen LogP contribution is 2.37. The third-order valence-electron chi connectivity index (χ3n) is 5.63. The van der Waals surface area contributed by atoms with Gasteiger partial charge in [-0.15, -0.1) is 10.2 Å². The summed E-state index contributed by atoms with van der Waals surface area (Å²) in [6.45, 7) is 3.00. The summed E-state index contributed by atoms with van der Waals surface area (Å²) < 4.78 is 54.1. The van der Waals surface area contributed by atoms with Crippen molar-refractivity contribution in [1.82, 2.24) is 19.7 Å². The number of aromatic nitrogens is 4. The molecule has 2 aliphatic rings. The van der Waals surface area contributed by atoms with Gasteiger partial charge in [0.25, 0.3) is 0 Å². The molecule has 0 bridgehead atoms. The molecule has 1 saturated heterocycles. The summed E-state index contributed by atoms with van der Waals surface area (Å²) in [4.78, 5) is 8.16. The van der Waals surface area contributed by atoms with Crippen molar-refractivity contribution in [3.05, 3.63) is 48.2 Å². The molecule has 1 fully saturated rings. The molecule has 2 aromatic heterocycles. The summed E-state index contributed by atoms with van der Waals surface area (Å²) in [5.41, 5.74) is 1.24. The predicted molar refractivity (Wildman–Crippen MR) is 111 cm³/mol. The van der Waals surface area contributed by atoms with Gasteiger partial charge in [-0.3, -0.25) is 4.57 Å². The van der Waals surface area contributed by atoms with Crippen LogP contribution in [0.25, 0.3) is 5.69 Å². The monoisotopic (exact) mass is 446 g/mol. The third-order valence-corrected chi connectivity index (χ3v) is 5.63. The Labute approximate surface area is 182 Å². The highest BCUT2D eigenvalue weighted by molar-refractivity contribution is 5.62. The van der Waals surface area contributed by atoms with Crippen LogP contribution < -0.4 is 19.3 Å². The average Bonchev–Trinajstić information content (AvgIpc) is 3.18. The molecule has 0 unspecified atom stereocenters. The maximum Gasteiger partial charge on any atom is 0.304 e. The van der Waals surface area contributed by atoms with Crippen molar-refractivity contribution in [3.8, 4) is 17.3 Å². The van der Waals surface area contributed by atoms with Crippen LogP contribution in [-0.4, -0.2) is 59.1 Å². The van der Waals surface area contributed by atoms with E-state index >= 15 is 0 Å². The van der Waals surface area contributed by atoms with E-state index in [0.29, 0.717) is 49.5 Å². The molecule has 168 valence electrons. The quantitative estimate of drug-likeness (QED) is 0.597. The molecule has 0 aliphatic carbocycles. The van der Waals surface area contributed by atoms with Crippen molar-refractivity contribution >= 4 is 11.6 Å². The number of benzene rings is 1. The molecular formula is C21H21F3N6O2. The van der Waals surface area contributed by atoms with E-state index in [-0.39, 0.29) is 11.9 Å². The van der Waals surface area contributed by atoms with Gasteiger partial charge in [-0.25, -0.2) is 9.37 Å². The minimum atomic E-state index is -3.19. The van der Waals surface area contributed by atoms with Crippen LogP contribution in [0.3, 0.4) is 0 Å². The molecule has 0 saturated carbocycles. The van der Waals surface area contributed by atoms with E-state index in [0.717, 1.165) is 12.6 Å². The minimum absolute atomic E-state index is 0.104. The second-order valence-corrected chi connectivity index (χ2v) is 7.82. The molecule has 0 atom stereocenters. The number of hydrogen-bond donors (Lipinski definition) is 0. The molecule has 1 aromatic carbocycles. The van der Waals surface area contributed by atoms with E-state index in [1.54, 1.807) is 18.2 Å². The predicted octanol–water partition coefficient (Wildman–Crippen LogP) is 3.01. The van der Waals surface area contributed by atoms with Crippen LogP contribution in [0.5, 0.6) is 11.6 Å². The number of methoxy groups -OCH3 is 1. The molecule has 0 amide bonds. The van der Waals surface area contributed by atoms with Crippen LogP contribution in [0, 0.1) is 5.82 Å². The molecule has 8 nitrogen and oxygen atoms in total. The van der Waals surface area contributed by atoms with Gasteiger partial charge >= 0.3 is 5.92 Å². The Kier molecular flexibility index (Phi) is 4.83. The van der Waals surface area contributed by atoms with Crippen LogP contribution in [0.15, 0.2) is 36.5 Å².